The molecule has 1 aliphatic rings. The monoisotopic (exact) mass is 483 g/mol. The number of nitrogens with one attached hydrogen (secondary N) is 1. The zero-order valence-corrected chi connectivity index (χ0v) is 18.7. The lowest BCUT2D eigenvalue weighted by Gasteiger charge is -2.18. The Morgan fingerprint density at radius 1 is 1.06 bits per heavy atom. The molecule has 1 aliphatic heterocycles. The van der Waals surface area contributed by atoms with E-state index in [1.165, 1.54) is 24.3 Å². The maximum absolute atomic E-state index is 14.7. The summed E-state index contributed by atoms with van der Waals surface area (Å²) in [4.78, 5) is 4.36. The molecule has 0 amide bonds. The summed E-state index contributed by atoms with van der Waals surface area (Å²) < 4.78 is 79.8. The SMILES string of the molecule is CS(=O)(=O)N[C@H]1CCc2nsc(n2)COc2c(F)cccc2-c2cc(c(F)cc2F)CC1. The lowest BCUT2D eigenvalue weighted by Crippen LogP contribution is -2.35. The van der Waals surface area contributed by atoms with Gasteiger partial charge in [0.05, 0.1) is 6.26 Å². The number of aryl methyl sites for hydroxylation is 2. The van der Waals surface area contributed by atoms with Crippen molar-refractivity contribution in [2.75, 3.05) is 6.26 Å². The van der Waals surface area contributed by atoms with Crippen LogP contribution >= 0.6 is 11.5 Å². The van der Waals surface area contributed by atoms with Crippen molar-refractivity contribution in [3.63, 3.8) is 0 Å². The van der Waals surface area contributed by atoms with Crippen molar-refractivity contribution in [3.05, 3.63) is 64.2 Å². The standard InChI is InChI=1S/C21H20F3N3O3S2/c1-32(28,29)27-13-6-5-12-9-15(18(24)10-17(12)23)14-3-2-4-16(22)21(14)30-11-20-25-19(8-7-13)26-31-20/h2-4,9-10,13,27H,5-8,11H2,1H3/t13-/m1/s1. The van der Waals surface area contributed by atoms with Crippen LogP contribution in [0.25, 0.3) is 11.1 Å². The van der Waals surface area contributed by atoms with E-state index in [-0.39, 0.29) is 41.9 Å². The van der Waals surface area contributed by atoms with E-state index in [0.29, 0.717) is 23.7 Å². The van der Waals surface area contributed by atoms with Crippen LogP contribution in [-0.2, 0) is 29.5 Å². The Hall–Kier alpha value is -2.50. The van der Waals surface area contributed by atoms with Gasteiger partial charge in [-0.15, -0.1) is 0 Å². The van der Waals surface area contributed by atoms with Crippen molar-refractivity contribution in [2.24, 2.45) is 0 Å². The van der Waals surface area contributed by atoms with Crippen LogP contribution in [0.4, 0.5) is 13.2 Å². The van der Waals surface area contributed by atoms with Gasteiger partial charge in [-0.2, -0.15) is 4.37 Å². The predicted octanol–water partition coefficient (Wildman–Crippen LogP) is 4.00. The quantitative estimate of drug-likeness (QED) is 0.596. The van der Waals surface area contributed by atoms with Crippen molar-refractivity contribution in [1.29, 1.82) is 0 Å². The van der Waals surface area contributed by atoms with Crippen molar-refractivity contribution in [1.82, 2.24) is 14.1 Å². The first-order valence-corrected chi connectivity index (χ1v) is 12.5. The summed E-state index contributed by atoms with van der Waals surface area (Å²) in [5.74, 6) is -1.94. The molecule has 2 aromatic carbocycles. The Morgan fingerprint density at radius 3 is 2.62 bits per heavy atom. The van der Waals surface area contributed by atoms with Crippen LogP contribution in [0.2, 0.25) is 0 Å². The first-order chi connectivity index (χ1) is 15.2. The molecular weight excluding hydrogens is 463 g/mol. The van der Waals surface area contributed by atoms with Crippen LogP contribution in [0, 0.1) is 17.5 Å². The zero-order valence-electron chi connectivity index (χ0n) is 17.1. The molecule has 4 bridgehead atoms. The lowest BCUT2D eigenvalue weighted by molar-refractivity contribution is 0.291. The number of rotatable bonds is 2. The number of hydrogen-bond acceptors (Lipinski definition) is 6. The number of ether oxygens (including phenoxy) is 1. The molecular formula is C21H20F3N3O3S2. The third-order valence-electron chi connectivity index (χ3n) is 5.10. The number of benzene rings is 2. The molecule has 11 heteroatoms. The fraction of sp³-hybridized carbons (Fsp3) is 0.333. The highest BCUT2D eigenvalue weighted by Gasteiger charge is 2.21. The maximum Gasteiger partial charge on any atom is 0.208 e. The number of nitrogens with zero attached hydrogens (tertiary/aromatic N) is 2. The van der Waals surface area contributed by atoms with Crippen LogP contribution in [0.15, 0.2) is 30.3 Å². The van der Waals surface area contributed by atoms with Crippen LogP contribution in [0.3, 0.4) is 0 Å². The molecule has 0 aliphatic carbocycles. The third kappa shape index (κ3) is 5.28. The lowest BCUT2D eigenvalue weighted by atomic mass is 9.96. The van der Waals surface area contributed by atoms with Gasteiger partial charge in [0.25, 0.3) is 0 Å². The van der Waals surface area contributed by atoms with Gasteiger partial charge >= 0.3 is 0 Å². The molecule has 170 valence electrons. The minimum atomic E-state index is -3.50. The summed E-state index contributed by atoms with van der Waals surface area (Å²) in [6, 6.07) is 5.71. The molecule has 6 nitrogen and oxygen atoms in total. The van der Waals surface area contributed by atoms with E-state index in [2.05, 4.69) is 14.1 Å². The van der Waals surface area contributed by atoms with Crippen molar-refractivity contribution in [2.45, 2.75) is 38.3 Å². The second-order valence-corrected chi connectivity index (χ2v) is 10.2. The van der Waals surface area contributed by atoms with Crippen LogP contribution in [0.1, 0.15) is 29.2 Å². The van der Waals surface area contributed by atoms with Gasteiger partial charge in [0, 0.05) is 29.7 Å². The normalized spacial score (nSPS) is 17.1. The summed E-state index contributed by atoms with van der Waals surface area (Å²) in [6.07, 6.45) is 2.27. The zero-order chi connectivity index (χ0) is 22.9. The molecule has 1 N–H and O–H groups in total. The number of halogens is 3. The van der Waals surface area contributed by atoms with Gasteiger partial charge in [-0.1, -0.05) is 12.1 Å². The van der Waals surface area contributed by atoms with Gasteiger partial charge < -0.3 is 4.74 Å². The van der Waals surface area contributed by atoms with Gasteiger partial charge in [-0.3, -0.25) is 0 Å². The van der Waals surface area contributed by atoms with Gasteiger partial charge in [0.2, 0.25) is 10.0 Å². The Kier molecular flexibility index (Phi) is 6.50. The molecule has 0 radical (unpaired) electrons. The molecule has 0 saturated carbocycles. The Balaban J connectivity index is 1.79. The largest absolute Gasteiger partial charge is 0.483 e. The average Bonchev–Trinajstić information content (AvgIpc) is 3.16. The van der Waals surface area contributed by atoms with Crippen molar-refractivity contribution >= 4 is 21.6 Å². The first kappa shape index (κ1) is 22.7. The molecule has 1 atom stereocenters. The minimum absolute atomic E-state index is 0.00338. The third-order valence-corrected chi connectivity index (χ3v) is 6.59. The summed E-state index contributed by atoms with van der Waals surface area (Å²) in [5.41, 5.74) is 0.339. The highest BCUT2D eigenvalue weighted by Crippen LogP contribution is 2.36. The van der Waals surface area contributed by atoms with Gasteiger partial charge in [-0.05, 0) is 48.5 Å². The van der Waals surface area contributed by atoms with Gasteiger partial charge in [0.15, 0.2) is 16.6 Å². The van der Waals surface area contributed by atoms with Crippen molar-refractivity contribution < 1.29 is 26.3 Å². The first-order valence-electron chi connectivity index (χ1n) is 9.88. The number of hydrogen-bond donors (Lipinski definition) is 1. The molecule has 2 heterocycles. The molecule has 32 heavy (non-hydrogen) atoms. The minimum Gasteiger partial charge on any atom is -0.483 e. The van der Waals surface area contributed by atoms with Crippen LogP contribution in [-0.4, -0.2) is 30.1 Å². The van der Waals surface area contributed by atoms with E-state index < -0.39 is 33.5 Å². The predicted molar refractivity (Wildman–Crippen MR) is 114 cm³/mol. The molecule has 0 spiro atoms. The Labute approximate surface area is 187 Å². The van der Waals surface area contributed by atoms with Crippen LogP contribution in [0.5, 0.6) is 5.75 Å². The molecule has 0 unspecified atom stereocenters. The highest BCUT2D eigenvalue weighted by molar-refractivity contribution is 7.88. The number of para-hydroxylation sites is 1. The second-order valence-electron chi connectivity index (χ2n) is 7.60. The fourth-order valence-corrected chi connectivity index (χ4v) is 5.08. The van der Waals surface area contributed by atoms with E-state index in [1.807, 2.05) is 0 Å². The summed E-state index contributed by atoms with van der Waals surface area (Å²) in [7, 11) is -3.50. The second kappa shape index (κ2) is 9.16. The van der Waals surface area contributed by atoms with E-state index >= 15 is 0 Å². The molecule has 1 aromatic heterocycles. The number of sulfonamides is 1. The topological polar surface area (TPSA) is 81.2 Å². The number of aromatic nitrogens is 2. The number of fused-ring (bicyclic) bond motifs is 6. The van der Waals surface area contributed by atoms with Crippen molar-refractivity contribution in [3.8, 4) is 16.9 Å². The van der Waals surface area contributed by atoms with E-state index in [4.69, 9.17) is 4.74 Å². The summed E-state index contributed by atoms with van der Waals surface area (Å²) in [5, 5.41) is 0.497. The van der Waals surface area contributed by atoms with E-state index in [1.54, 1.807) is 0 Å². The molecule has 4 rings (SSSR count). The van der Waals surface area contributed by atoms with E-state index in [9.17, 15) is 21.6 Å². The summed E-state index contributed by atoms with van der Waals surface area (Å²) >= 11 is 1.09. The fourth-order valence-electron chi connectivity index (χ4n) is 3.64. The van der Waals surface area contributed by atoms with E-state index in [0.717, 1.165) is 23.9 Å². The average molecular weight is 484 g/mol. The van der Waals surface area contributed by atoms with Gasteiger partial charge in [0.1, 0.15) is 24.1 Å². The molecule has 3 aromatic rings. The van der Waals surface area contributed by atoms with Crippen LogP contribution < -0.4 is 9.46 Å². The smallest absolute Gasteiger partial charge is 0.208 e. The highest BCUT2D eigenvalue weighted by atomic mass is 32.2. The summed E-state index contributed by atoms with van der Waals surface area (Å²) in [6.45, 7) is -0.0771. The Bertz CT molecular complexity index is 1250. The molecule has 0 fully saturated rings. The Morgan fingerprint density at radius 2 is 1.84 bits per heavy atom. The van der Waals surface area contributed by atoms with Gasteiger partial charge in [-0.25, -0.2) is 31.3 Å². The molecule has 0 saturated heterocycles. The maximum atomic E-state index is 14.7.